The van der Waals surface area contributed by atoms with Crippen LogP contribution in [0.1, 0.15) is 18.5 Å². The third-order valence-electron chi connectivity index (χ3n) is 4.36. The van der Waals surface area contributed by atoms with Crippen molar-refractivity contribution in [2.24, 2.45) is 0 Å². The van der Waals surface area contributed by atoms with E-state index in [2.05, 4.69) is 15.5 Å². The maximum absolute atomic E-state index is 12.5. The normalized spacial score (nSPS) is 12.2. The number of hydrogen-bond donors (Lipinski definition) is 1. The highest BCUT2D eigenvalue weighted by molar-refractivity contribution is 5.82. The third-order valence-corrected chi connectivity index (χ3v) is 4.36. The van der Waals surface area contributed by atoms with Crippen LogP contribution < -0.4 is 5.32 Å². The van der Waals surface area contributed by atoms with E-state index in [9.17, 15) is 4.79 Å². The second kappa shape index (κ2) is 6.84. The SMILES string of the molecule is C[C@@H](NC(=O)Cn1ncc2ccccc21)c1cccc(-n2cccn2)c1. The van der Waals surface area contributed by atoms with Gasteiger partial charge in [-0.05, 0) is 36.8 Å². The maximum atomic E-state index is 12.5. The van der Waals surface area contributed by atoms with E-state index in [1.165, 1.54) is 0 Å². The average molecular weight is 345 g/mol. The quantitative estimate of drug-likeness (QED) is 0.604. The Bertz CT molecular complexity index is 1040. The van der Waals surface area contributed by atoms with Crippen LogP contribution in [0.5, 0.6) is 0 Å². The van der Waals surface area contributed by atoms with Gasteiger partial charge in [-0.15, -0.1) is 0 Å². The summed E-state index contributed by atoms with van der Waals surface area (Å²) in [4.78, 5) is 12.5. The van der Waals surface area contributed by atoms with Gasteiger partial charge >= 0.3 is 0 Å². The lowest BCUT2D eigenvalue weighted by molar-refractivity contribution is -0.122. The van der Waals surface area contributed by atoms with Gasteiger partial charge in [-0.25, -0.2) is 4.68 Å². The molecule has 2 heterocycles. The average Bonchev–Trinajstić information content (AvgIpc) is 3.32. The minimum Gasteiger partial charge on any atom is -0.348 e. The van der Waals surface area contributed by atoms with Crippen molar-refractivity contribution >= 4 is 16.8 Å². The number of rotatable bonds is 5. The van der Waals surface area contributed by atoms with Gasteiger partial charge < -0.3 is 5.32 Å². The molecule has 1 atom stereocenters. The molecule has 4 aromatic rings. The van der Waals surface area contributed by atoms with Crippen LogP contribution in [0, 0.1) is 0 Å². The number of fused-ring (bicyclic) bond motifs is 1. The van der Waals surface area contributed by atoms with Gasteiger partial charge in [-0.3, -0.25) is 9.48 Å². The maximum Gasteiger partial charge on any atom is 0.242 e. The Balaban J connectivity index is 1.47. The number of aromatic nitrogens is 4. The van der Waals surface area contributed by atoms with Gasteiger partial charge in [0.1, 0.15) is 6.54 Å². The van der Waals surface area contributed by atoms with Crippen molar-refractivity contribution in [3.05, 3.63) is 78.8 Å². The molecule has 1 N–H and O–H groups in total. The second-order valence-electron chi connectivity index (χ2n) is 6.20. The van der Waals surface area contributed by atoms with E-state index in [-0.39, 0.29) is 18.5 Å². The fraction of sp³-hybridized carbons (Fsp3) is 0.150. The molecule has 0 unspecified atom stereocenters. The van der Waals surface area contributed by atoms with Crippen LogP contribution in [-0.2, 0) is 11.3 Å². The van der Waals surface area contributed by atoms with Crippen LogP contribution in [0.3, 0.4) is 0 Å². The van der Waals surface area contributed by atoms with Crippen LogP contribution >= 0.6 is 0 Å². The number of amides is 1. The summed E-state index contributed by atoms with van der Waals surface area (Å²) in [6, 6.07) is 17.6. The zero-order valence-electron chi connectivity index (χ0n) is 14.4. The summed E-state index contributed by atoms with van der Waals surface area (Å²) in [6.45, 7) is 2.16. The molecular formula is C20H19N5O. The van der Waals surface area contributed by atoms with Crippen molar-refractivity contribution < 1.29 is 4.79 Å². The Morgan fingerprint density at radius 3 is 2.85 bits per heavy atom. The van der Waals surface area contributed by atoms with Gasteiger partial charge in [0.2, 0.25) is 5.91 Å². The van der Waals surface area contributed by atoms with Gasteiger partial charge in [0, 0.05) is 17.8 Å². The van der Waals surface area contributed by atoms with Gasteiger partial charge in [-0.1, -0.05) is 30.3 Å². The lowest BCUT2D eigenvalue weighted by Crippen LogP contribution is -2.30. The van der Waals surface area contributed by atoms with Crippen molar-refractivity contribution in [1.82, 2.24) is 24.9 Å². The number of nitrogens with one attached hydrogen (secondary N) is 1. The zero-order valence-corrected chi connectivity index (χ0v) is 14.4. The monoisotopic (exact) mass is 345 g/mol. The lowest BCUT2D eigenvalue weighted by atomic mass is 10.1. The van der Waals surface area contributed by atoms with Gasteiger partial charge in [0.15, 0.2) is 0 Å². The Kier molecular flexibility index (Phi) is 4.23. The molecule has 0 saturated carbocycles. The van der Waals surface area contributed by atoms with Crippen molar-refractivity contribution in [1.29, 1.82) is 0 Å². The van der Waals surface area contributed by atoms with Gasteiger partial charge in [0.05, 0.1) is 23.4 Å². The Morgan fingerprint density at radius 1 is 1.12 bits per heavy atom. The molecule has 0 aliphatic carbocycles. The van der Waals surface area contributed by atoms with Crippen LogP contribution in [0.4, 0.5) is 0 Å². The Labute approximate surface area is 151 Å². The number of hydrogen-bond acceptors (Lipinski definition) is 3. The fourth-order valence-corrected chi connectivity index (χ4v) is 3.02. The first-order chi connectivity index (χ1) is 12.7. The predicted octanol–water partition coefficient (Wildman–Crippen LogP) is 3.10. The molecule has 6 nitrogen and oxygen atoms in total. The van der Waals surface area contributed by atoms with E-state index < -0.39 is 0 Å². The minimum absolute atomic E-state index is 0.0733. The molecule has 1 amide bonds. The highest BCUT2D eigenvalue weighted by atomic mass is 16.2. The first-order valence-corrected chi connectivity index (χ1v) is 8.50. The van der Waals surface area contributed by atoms with E-state index in [0.29, 0.717) is 0 Å². The first kappa shape index (κ1) is 16.1. The molecule has 0 aliphatic heterocycles. The minimum atomic E-state index is -0.111. The summed E-state index contributed by atoms with van der Waals surface area (Å²) in [5.41, 5.74) is 2.94. The van der Waals surface area contributed by atoms with Gasteiger partial charge in [-0.2, -0.15) is 10.2 Å². The zero-order chi connectivity index (χ0) is 17.9. The van der Waals surface area contributed by atoms with Crippen LogP contribution in [0.2, 0.25) is 0 Å². The Morgan fingerprint density at radius 2 is 2.00 bits per heavy atom. The fourth-order valence-electron chi connectivity index (χ4n) is 3.02. The van der Waals surface area contributed by atoms with E-state index >= 15 is 0 Å². The van der Waals surface area contributed by atoms with Crippen molar-refractivity contribution in [2.45, 2.75) is 19.5 Å². The smallest absolute Gasteiger partial charge is 0.242 e. The highest BCUT2D eigenvalue weighted by Gasteiger charge is 2.12. The summed E-state index contributed by atoms with van der Waals surface area (Å²) >= 11 is 0. The summed E-state index contributed by atoms with van der Waals surface area (Å²) in [6.07, 6.45) is 5.41. The summed E-state index contributed by atoms with van der Waals surface area (Å²) in [7, 11) is 0. The van der Waals surface area contributed by atoms with Crippen LogP contribution in [0.15, 0.2) is 73.2 Å². The first-order valence-electron chi connectivity index (χ1n) is 8.50. The number of carbonyl (C=O) groups excluding carboxylic acids is 1. The third kappa shape index (κ3) is 3.21. The van der Waals surface area contributed by atoms with E-state index in [1.54, 1.807) is 21.8 Å². The topological polar surface area (TPSA) is 64.7 Å². The molecule has 0 spiro atoms. The predicted molar refractivity (Wildman–Crippen MR) is 99.9 cm³/mol. The molecule has 0 aliphatic rings. The highest BCUT2D eigenvalue weighted by Crippen LogP contribution is 2.17. The number of carbonyl (C=O) groups is 1. The second-order valence-corrected chi connectivity index (χ2v) is 6.20. The molecule has 2 aromatic carbocycles. The van der Waals surface area contributed by atoms with Crippen molar-refractivity contribution in [3.8, 4) is 5.69 Å². The summed E-state index contributed by atoms with van der Waals surface area (Å²) < 4.78 is 3.52. The molecule has 26 heavy (non-hydrogen) atoms. The van der Waals surface area contributed by atoms with Crippen LogP contribution in [0.25, 0.3) is 16.6 Å². The molecule has 0 bridgehead atoms. The number of para-hydroxylation sites is 1. The standard InChI is InChI=1S/C20H19N5O/c1-15(16-7-4-8-18(12-16)24-11-5-10-21-24)23-20(26)14-25-19-9-3-2-6-17(19)13-22-25/h2-13,15H,14H2,1H3,(H,23,26)/t15-/m1/s1. The lowest BCUT2D eigenvalue weighted by Gasteiger charge is -2.15. The molecular weight excluding hydrogens is 326 g/mol. The van der Waals surface area contributed by atoms with E-state index in [0.717, 1.165) is 22.2 Å². The molecule has 0 radical (unpaired) electrons. The van der Waals surface area contributed by atoms with Crippen molar-refractivity contribution in [2.75, 3.05) is 0 Å². The van der Waals surface area contributed by atoms with Gasteiger partial charge in [0.25, 0.3) is 0 Å². The molecule has 0 saturated heterocycles. The molecule has 130 valence electrons. The summed E-state index contributed by atoms with van der Waals surface area (Å²) in [5, 5.41) is 12.6. The van der Waals surface area contributed by atoms with Crippen molar-refractivity contribution in [3.63, 3.8) is 0 Å². The van der Waals surface area contributed by atoms with E-state index in [1.807, 2.05) is 67.7 Å². The summed E-state index contributed by atoms with van der Waals surface area (Å²) in [5.74, 6) is -0.0733. The number of benzene rings is 2. The Hall–Kier alpha value is -3.41. The molecule has 4 rings (SSSR count). The molecule has 0 fully saturated rings. The molecule has 2 aromatic heterocycles. The largest absolute Gasteiger partial charge is 0.348 e. The van der Waals surface area contributed by atoms with Crippen LogP contribution in [-0.4, -0.2) is 25.5 Å². The molecule has 6 heteroatoms. The number of nitrogens with zero attached hydrogens (tertiary/aromatic N) is 4. The van der Waals surface area contributed by atoms with E-state index in [4.69, 9.17) is 0 Å².